The number of carbonyl (C=O) groups is 2. The zero-order valence-electron chi connectivity index (χ0n) is 17.9. The van der Waals surface area contributed by atoms with E-state index in [4.69, 9.17) is 10.8 Å². The molecule has 0 aromatic carbocycles. The van der Waals surface area contributed by atoms with Crippen LogP contribution in [0, 0.1) is 5.92 Å². The van der Waals surface area contributed by atoms with Gasteiger partial charge < -0.3 is 10.8 Å². The molecule has 3 N–H and O–H groups in total. The number of ketones is 1. The summed E-state index contributed by atoms with van der Waals surface area (Å²) in [5.41, 5.74) is 5.39. The van der Waals surface area contributed by atoms with Gasteiger partial charge in [0.1, 0.15) is 11.8 Å². The molecule has 0 saturated heterocycles. The van der Waals surface area contributed by atoms with Crippen molar-refractivity contribution in [3.63, 3.8) is 0 Å². The van der Waals surface area contributed by atoms with Crippen LogP contribution in [0.25, 0.3) is 0 Å². The Morgan fingerprint density at radius 3 is 1.61 bits per heavy atom. The number of carboxylic acid groups (broad SMARTS) is 1. The third-order valence-electron chi connectivity index (χ3n) is 5.40. The SMILES string of the molecule is CCCCCCCCCCCCCCCCC([C]=O)C(=O)CC[C@H](N)C(=O)O. The van der Waals surface area contributed by atoms with Crippen molar-refractivity contribution in [3.05, 3.63) is 0 Å². The van der Waals surface area contributed by atoms with Gasteiger partial charge in [0.15, 0.2) is 0 Å². The molecule has 2 atom stereocenters. The molecule has 0 amide bonds. The van der Waals surface area contributed by atoms with Gasteiger partial charge in [-0.1, -0.05) is 96.8 Å². The first-order chi connectivity index (χ1) is 13.5. The third-order valence-corrected chi connectivity index (χ3v) is 5.40. The monoisotopic (exact) mass is 396 g/mol. The molecule has 0 aliphatic heterocycles. The average Bonchev–Trinajstić information content (AvgIpc) is 2.68. The first kappa shape index (κ1) is 26.8. The molecule has 0 saturated carbocycles. The highest BCUT2D eigenvalue weighted by atomic mass is 16.4. The Labute approximate surface area is 171 Å². The number of Topliss-reactive ketones (excluding diaryl/α,β-unsaturated/α-hetero) is 1. The normalized spacial score (nSPS) is 13.2. The van der Waals surface area contributed by atoms with E-state index in [-0.39, 0.29) is 18.6 Å². The van der Waals surface area contributed by atoms with Crippen LogP contribution in [-0.4, -0.2) is 29.2 Å². The van der Waals surface area contributed by atoms with Crippen molar-refractivity contribution in [1.29, 1.82) is 0 Å². The fraction of sp³-hybridized carbons (Fsp3) is 0.870. The Kier molecular flexibility index (Phi) is 18.3. The number of carbonyl (C=O) groups excluding carboxylic acids is 2. The van der Waals surface area contributed by atoms with Gasteiger partial charge in [-0.05, 0) is 12.8 Å². The molecule has 0 aromatic heterocycles. The molecule has 0 aliphatic carbocycles. The topological polar surface area (TPSA) is 97.5 Å². The molecule has 0 bridgehead atoms. The lowest BCUT2D eigenvalue weighted by Crippen LogP contribution is -2.31. The van der Waals surface area contributed by atoms with Gasteiger partial charge in [-0.3, -0.25) is 14.4 Å². The Bertz CT molecular complexity index is 411. The van der Waals surface area contributed by atoms with E-state index < -0.39 is 17.9 Å². The molecule has 163 valence electrons. The van der Waals surface area contributed by atoms with E-state index in [1.54, 1.807) is 0 Å². The lowest BCUT2D eigenvalue weighted by molar-refractivity contribution is -0.138. The highest BCUT2D eigenvalue weighted by Gasteiger charge is 2.20. The second-order valence-electron chi connectivity index (χ2n) is 8.01. The highest BCUT2D eigenvalue weighted by molar-refractivity contribution is 5.93. The molecule has 1 unspecified atom stereocenters. The van der Waals surface area contributed by atoms with Crippen LogP contribution in [0.1, 0.15) is 116 Å². The fourth-order valence-corrected chi connectivity index (χ4v) is 3.42. The molecule has 0 spiro atoms. The average molecular weight is 397 g/mol. The first-order valence-corrected chi connectivity index (χ1v) is 11.4. The summed E-state index contributed by atoms with van der Waals surface area (Å²) in [6.45, 7) is 2.25. The second-order valence-corrected chi connectivity index (χ2v) is 8.01. The molecule has 1 radical (unpaired) electrons. The summed E-state index contributed by atoms with van der Waals surface area (Å²) in [6, 6.07) is -1.04. The summed E-state index contributed by atoms with van der Waals surface area (Å²) < 4.78 is 0. The van der Waals surface area contributed by atoms with Crippen molar-refractivity contribution >= 4 is 18.0 Å². The molecular weight excluding hydrogens is 354 g/mol. The van der Waals surface area contributed by atoms with Crippen LogP contribution in [-0.2, 0) is 14.4 Å². The zero-order chi connectivity index (χ0) is 21.0. The first-order valence-electron chi connectivity index (χ1n) is 11.4. The minimum absolute atomic E-state index is 0.0337. The van der Waals surface area contributed by atoms with Crippen LogP contribution < -0.4 is 5.73 Å². The lowest BCUT2D eigenvalue weighted by atomic mass is 9.94. The minimum atomic E-state index is -1.12. The summed E-state index contributed by atoms with van der Waals surface area (Å²) in [4.78, 5) is 33.6. The standard InChI is InChI=1S/C23H42NO4/c1-2-3-4-5-6-7-8-9-10-11-12-13-14-15-16-20(19-25)22(26)18-17-21(24)23(27)28/h20-21H,2-18,24H2,1H3,(H,27,28)/t20?,21-/m0/s1. The Morgan fingerprint density at radius 2 is 1.21 bits per heavy atom. The van der Waals surface area contributed by atoms with Crippen molar-refractivity contribution in [2.24, 2.45) is 11.7 Å². The van der Waals surface area contributed by atoms with Crippen molar-refractivity contribution in [2.75, 3.05) is 0 Å². The molecule has 0 heterocycles. The zero-order valence-corrected chi connectivity index (χ0v) is 17.9. The lowest BCUT2D eigenvalue weighted by Gasteiger charge is -2.10. The quantitative estimate of drug-likeness (QED) is 0.201. The van der Waals surface area contributed by atoms with Crippen LogP contribution in [0.3, 0.4) is 0 Å². The molecular formula is C23H42NO4. The van der Waals surface area contributed by atoms with Crippen molar-refractivity contribution < 1.29 is 19.5 Å². The van der Waals surface area contributed by atoms with E-state index in [1.807, 2.05) is 6.29 Å². The number of aliphatic carboxylic acids is 1. The van der Waals surface area contributed by atoms with Crippen molar-refractivity contribution in [3.8, 4) is 0 Å². The predicted octanol–water partition coefficient (Wildman–Crippen LogP) is 5.34. The molecule has 28 heavy (non-hydrogen) atoms. The van der Waals surface area contributed by atoms with Crippen LogP contribution in [0.5, 0.6) is 0 Å². The Balaban J connectivity index is 3.51. The number of hydrogen-bond acceptors (Lipinski definition) is 4. The predicted molar refractivity (Wildman–Crippen MR) is 114 cm³/mol. The van der Waals surface area contributed by atoms with Gasteiger partial charge >= 0.3 is 5.97 Å². The van der Waals surface area contributed by atoms with Gasteiger partial charge in [-0.2, -0.15) is 0 Å². The number of nitrogens with two attached hydrogens (primary N) is 1. The van der Waals surface area contributed by atoms with E-state index in [9.17, 15) is 14.4 Å². The second kappa shape index (κ2) is 19.1. The van der Waals surface area contributed by atoms with Gasteiger partial charge in [0.05, 0.1) is 5.92 Å². The van der Waals surface area contributed by atoms with Crippen molar-refractivity contribution in [2.45, 2.75) is 122 Å². The van der Waals surface area contributed by atoms with E-state index in [1.165, 1.54) is 70.6 Å². The van der Waals surface area contributed by atoms with Gasteiger partial charge in [0.2, 0.25) is 6.29 Å². The summed E-state index contributed by atoms with van der Waals surface area (Å²) >= 11 is 0. The largest absolute Gasteiger partial charge is 0.480 e. The molecule has 0 fully saturated rings. The third kappa shape index (κ3) is 15.8. The molecule has 5 heteroatoms. The summed E-state index contributed by atoms with van der Waals surface area (Å²) in [6.07, 6.45) is 20.2. The molecule has 0 rings (SSSR count). The number of hydrogen-bond donors (Lipinski definition) is 2. The highest BCUT2D eigenvalue weighted by Crippen LogP contribution is 2.16. The van der Waals surface area contributed by atoms with Gasteiger partial charge in [0, 0.05) is 6.42 Å². The maximum atomic E-state index is 12.0. The van der Waals surface area contributed by atoms with Crippen LogP contribution >= 0.6 is 0 Å². The van der Waals surface area contributed by atoms with Crippen molar-refractivity contribution in [1.82, 2.24) is 0 Å². The van der Waals surface area contributed by atoms with Gasteiger partial charge in [-0.15, -0.1) is 0 Å². The van der Waals surface area contributed by atoms with E-state index in [0.29, 0.717) is 6.42 Å². The number of rotatable bonds is 21. The molecule has 0 aliphatic rings. The summed E-state index contributed by atoms with van der Waals surface area (Å²) in [5, 5.41) is 8.72. The van der Waals surface area contributed by atoms with E-state index in [0.717, 1.165) is 19.3 Å². The maximum Gasteiger partial charge on any atom is 0.320 e. The summed E-state index contributed by atoms with van der Waals surface area (Å²) in [5.74, 6) is -2.08. The summed E-state index contributed by atoms with van der Waals surface area (Å²) in [7, 11) is 0. The fourth-order valence-electron chi connectivity index (χ4n) is 3.42. The molecule has 0 aromatic rings. The van der Waals surface area contributed by atoms with Crippen LogP contribution in [0.2, 0.25) is 0 Å². The van der Waals surface area contributed by atoms with E-state index >= 15 is 0 Å². The van der Waals surface area contributed by atoms with Crippen LogP contribution in [0.4, 0.5) is 0 Å². The van der Waals surface area contributed by atoms with Gasteiger partial charge in [0.25, 0.3) is 0 Å². The minimum Gasteiger partial charge on any atom is -0.480 e. The van der Waals surface area contributed by atoms with E-state index in [2.05, 4.69) is 6.92 Å². The smallest absolute Gasteiger partial charge is 0.320 e. The maximum absolute atomic E-state index is 12.0. The Hall–Kier alpha value is -1.23. The van der Waals surface area contributed by atoms with Gasteiger partial charge in [-0.25, -0.2) is 0 Å². The number of unbranched alkanes of at least 4 members (excludes halogenated alkanes) is 13. The number of carboxylic acids is 1. The molecule has 5 nitrogen and oxygen atoms in total. The Morgan fingerprint density at radius 1 is 0.786 bits per heavy atom. The van der Waals surface area contributed by atoms with Crippen LogP contribution in [0.15, 0.2) is 0 Å².